The summed E-state index contributed by atoms with van der Waals surface area (Å²) in [6.07, 6.45) is -4.58. The Morgan fingerprint density at radius 1 is 0.974 bits per heavy atom. The van der Waals surface area contributed by atoms with Gasteiger partial charge in [0.1, 0.15) is 17.2 Å². The monoisotopic (exact) mass is 522 g/mol. The van der Waals surface area contributed by atoms with Crippen LogP contribution in [0.15, 0.2) is 89.3 Å². The van der Waals surface area contributed by atoms with Crippen molar-refractivity contribution in [3.05, 3.63) is 108 Å². The number of ether oxygens (including phenoxy) is 2. The molecule has 1 amide bonds. The Balaban J connectivity index is 1.46. The smallest absolute Gasteiger partial charge is 0.423 e. The number of oxazole rings is 1. The van der Waals surface area contributed by atoms with E-state index in [1.54, 1.807) is 30.3 Å². The molecule has 194 valence electrons. The third-order valence-corrected chi connectivity index (χ3v) is 5.58. The third kappa shape index (κ3) is 5.61. The summed E-state index contributed by atoms with van der Waals surface area (Å²) in [5, 5.41) is 4.38. The number of alkyl halides is 3. The molecule has 2 heterocycles. The topological polar surface area (TPSA) is 82.1 Å². The van der Waals surface area contributed by atoms with Crippen molar-refractivity contribution >= 4 is 11.8 Å². The van der Waals surface area contributed by atoms with Crippen molar-refractivity contribution in [1.29, 1.82) is 0 Å². The molecule has 8 nitrogen and oxygen atoms in total. The number of rotatable bonds is 8. The zero-order chi connectivity index (χ0) is 26.7. The van der Waals surface area contributed by atoms with E-state index < -0.39 is 12.3 Å². The van der Waals surface area contributed by atoms with Crippen molar-refractivity contribution in [1.82, 2.24) is 19.5 Å². The van der Waals surface area contributed by atoms with Crippen LogP contribution < -0.4 is 9.47 Å². The Morgan fingerprint density at radius 3 is 2.34 bits per heavy atom. The highest BCUT2D eigenvalue weighted by molar-refractivity contribution is 5.93. The summed E-state index contributed by atoms with van der Waals surface area (Å²) < 4.78 is 55.6. The van der Waals surface area contributed by atoms with Gasteiger partial charge in [-0.05, 0) is 23.8 Å². The average Bonchev–Trinajstić information content (AvgIpc) is 3.43. The number of nitrogens with zero attached hydrogens (tertiary/aromatic N) is 4. The maximum absolute atomic E-state index is 13.5. The van der Waals surface area contributed by atoms with Crippen LogP contribution in [0, 0.1) is 0 Å². The molecule has 5 aromatic rings. The van der Waals surface area contributed by atoms with E-state index in [4.69, 9.17) is 9.15 Å². The number of amides is 1. The van der Waals surface area contributed by atoms with E-state index in [0.29, 0.717) is 11.4 Å². The van der Waals surface area contributed by atoms with Crippen LogP contribution in [-0.4, -0.2) is 38.8 Å². The second-order valence-corrected chi connectivity index (χ2v) is 8.36. The van der Waals surface area contributed by atoms with E-state index in [2.05, 4.69) is 14.8 Å². The van der Waals surface area contributed by atoms with Crippen LogP contribution in [0.5, 0.6) is 17.5 Å². The molecule has 0 spiro atoms. The highest BCUT2D eigenvalue weighted by Crippen LogP contribution is 2.29. The normalized spacial score (nSPS) is 11.5. The molecule has 0 aliphatic carbocycles. The quantitative estimate of drug-likeness (QED) is 0.253. The Labute approximate surface area is 214 Å². The summed E-state index contributed by atoms with van der Waals surface area (Å²) in [6, 6.07) is 24.0. The molecule has 0 unspecified atom stereocenters. The van der Waals surface area contributed by atoms with Crippen molar-refractivity contribution in [3.8, 4) is 17.5 Å². The molecule has 11 heteroatoms. The number of fused-ring (bicyclic) bond motifs is 1. The number of hydrogen-bond donors (Lipinski definition) is 0. The first-order valence-corrected chi connectivity index (χ1v) is 11.5. The van der Waals surface area contributed by atoms with Gasteiger partial charge >= 0.3 is 18.2 Å². The van der Waals surface area contributed by atoms with Gasteiger partial charge in [-0.25, -0.2) is 0 Å². The number of carbonyl (C=O) groups excluding carboxylic acids is 1. The Kier molecular flexibility index (Phi) is 6.73. The fraction of sp³-hybridized carbons (Fsp3) is 0.148. The maximum Gasteiger partial charge on any atom is 0.573 e. The summed E-state index contributed by atoms with van der Waals surface area (Å²) in [5.74, 6) is -0.411. The number of para-hydroxylation sites is 2. The summed E-state index contributed by atoms with van der Waals surface area (Å²) in [5.41, 5.74) is 1.48. The van der Waals surface area contributed by atoms with Gasteiger partial charge < -0.3 is 18.8 Å². The van der Waals surface area contributed by atoms with Gasteiger partial charge in [-0.15, -0.1) is 23.3 Å². The fourth-order valence-electron chi connectivity index (χ4n) is 3.88. The molecule has 0 radical (unpaired) electrons. The van der Waals surface area contributed by atoms with Gasteiger partial charge in [0.05, 0.1) is 0 Å². The first-order chi connectivity index (χ1) is 18.3. The van der Waals surface area contributed by atoms with Gasteiger partial charge in [-0.3, -0.25) is 4.79 Å². The van der Waals surface area contributed by atoms with Gasteiger partial charge in [0.15, 0.2) is 0 Å². The minimum atomic E-state index is -4.86. The van der Waals surface area contributed by atoms with E-state index in [1.165, 1.54) is 34.7 Å². The largest absolute Gasteiger partial charge is 0.573 e. The number of halogens is 3. The minimum Gasteiger partial charge on any atom is -0.423 e. The standard InChI is InChI=1S/C27H21F3N4O4/c1-33(17-19-12-8-9-15-22(19)38-27(28,29)30)24(35)23-21(16-18-10-4-2-5-11-18)34-26(37-23)31-25(32-34)36-20-13-6-3-7-14-20/h2-15H,16-17H2,1H3. The lowest BCUT2D eigenvalue weighted by Gasteiger charge is -2.19. The summed E-state index contributed by atoms with van der Waals surface area (Å²) in [4.78, 5) is 19.0. The Hall–Kier alpha value is -4.80. The van der Waals surface area contributed by atoms with Crippen LogP contribution in [0.25, 0.3) is 5.84 Å². The van der Waals surface area contributed by atoms with Crippen molar-refractivity contribution < 1.29 is 31.9 Å². The molecule has 2 aromatic heterocycles. The highest BCUT2D eigenvalue weighted by Gasteiger charge is 2.33. The second kappa shape index (κ2) is 10.3. The van der Waals surface area contributed by atoms with Gasteiger partial charge in [-0.1, -0.05) is 66.7 Å². The molecule has 0 fully saturated rings. The molecule has 0 N–H and O–H groups in total. The first kappa shape index (κ1) is 24.9. The molecular weight excluding hydrogens is 501 g/mol. The molecule has 5 rings (SSSR count). The van der Waals surface area contributed by atoms with E-state index in [9.17, 15) is 18.0 Å². The van der Waals surface area contributed by atoms with E-state index in [-0.39, 0.29) is 41.9 Å². The molecule has 0 saturated carbocycles. The Bertz CT molecular complexity index is 1550. The third-order valence-electron chi connectivity index (χ3n) is 5.58. The van der Waals surface area contributed by atoms with Gasteiger partial charge in [0.25, 0.3) is 5.91 Å². The fourth-order valence-corrected chi connectivity index (χ4v) is 3.88. The average molecular weight is 522 g/mol. The van der Waals surface area contributed by atoms with Crippen molar-refractivity contribution in [3.63, 3.8) is 0 Å². The van der Waals surface area contributed by atoms with Crippen molar-refractivity contribution in [2.45, 2.75) is 19.3 Å². The molecule has 0 aliphatic rings. The maximum atomic E-state index is 13.5. The predicted octanol–water partition coefficient (Wildman–Crippen LogP) is 5.88. The first-order valence-electron chi connectivity index (χ1n) is 11.5. The van der Waals surface area contributed by atoms with Crippen LogP contribution in [0.1, 0.15) is 27.4 Å². The number of carbonyl (C=O) groups is 1. The number of benzene rings is 3. The second-order valence-electron chi connectivity index (χ2n) is 8.36. The molecule has 0 bridgehead atoms. The molecule has 38 heavy (non-hydrogen) atoms. The summed E-state index contributed by atoms with van der Waals surface area (Å²) in [7, 11) is 1.46. The van der Waals surface area contributed by atoms with E-state index in [1.807, 2.05) is 36.4 Å². The molecule has 3 aromatic carbocycles. The zero-order valence-electron chi connectivity index (χ0n) is 20.1. The lowest BCUT2D eigenvalue weighted by molar-refractivity contribution is -0.275. The van der Waals surface area contributed by atoms with E-state index >= 15 is 0 Å². The van der Waals surface area contributed by atoms with Gasteiger partial charge in [0, 0.05) is 25.6 Å². The number of aromatic nitrogens is 3. The minimum absolute atomic E-state index is 0.0353. The summed E-state index contributed by atoms with van der Waals surface area (Å²) >= 11 is 0. The number of hydrogen-bond acceptors (Lipinski definition) is 6. The van der Waals surface area contributed by atoms with Gasteiger partial charge in [-0.2, -0.15) is 4.52 Å². The molecule has 0 saturated heterocycles. The molecule has 0 atom stereocenters. The van der Waals surface area contributed by atoms with Gasteiger partial charge in [0.2, 0.25) is 5.76 Å². The SMILES string of the molecule is CN(Cc1ccccc1OC(F)(F)F)C(=O)c1oc2nc(Oc3ccccc3)nn2c1Cc1ccccc1. The zero-order valence-corrected chi connectivity index (χ0v) is 20.1. The lowest BCUT2D eigenvalue weighted by atomic mass is 10.1. The van der Waals surface area contributed by atoms with Crippen LogP contribution >= 0.6 is 0 Å². The van der Waals surface area contributed by atoms with E-state index in [0.717, 1.165) is 5.56 Å². The van der Waals surface area contributed by atoms with Crippen LogP contribution in [0.2, 0.25) is 0 Å². The van der Waals surface area contributed by atoms with Crippen molar-refractivity contribution in [2.24, 2.45) is 0 Å². The van der Waals surface area contributed by atoms with Crippen LogP contribution in [0.3, 0.4) is 0 Å². The highest BCUT2D eigenvalue weighted by atomic mass is 19.4. The molecule has 0 aliphatic heterocycles. The van der Waals surface area contributed by atoms with Crippen LogP contribution in [-0.2, 0) is 13.0 Å². The van der Waals surface area contributed by atoms with Crippen LogP contribution in [0.4, 0.5) is 13.2 Å². The predicted molar refractivity (Wildman–Crippen MR) is 130 cm³/mol. The molecular formula is C27H21F3N4O4. The summed E-state index contributed by atoms with van der Waals surface area (Å²) in [6.45, 7) is -0.158. The lowest BCUT2D eigenvalue weighted by Crippen LogP contribution is -2.28. The van der Waals surface area contributed by atoms with Crippen molar-refractivity contribution in [2.75, 3.05) is 7.05 Å². The Morgan fingerprint density at radius 2 is 1.63 bits per heavy atom.